The summed E-state index contributed by atoms with van der Waals surface area (Å²) in [6.45, 7) is 7.86. The second-order valence-corrected chi connectivity index (χ2v) is 15.8. The van der Waals surface area contributed by atoms with E-state index in [0.29, 0.717) is 0 Å². The first-order valence-corrected chi connectivity index (χ1v) is 21.0. The third kappa shape index (κ3) is 12.9. The van der Waals surface area contributed by atoms with Crippen LogP contribution in [0.3, 0.4) is 0 Å². The Morgan fingerprint density at radius 1 is 0.694 bits per heavy atom. The van der Waals surface area contributed by atoms with Crippen molar-refractivity contribution in [3.05, 3.63) is 133 Å². The standard InChI is InChI=1S/C24H28N4O2.C14H19ClN2O2.C10H10N2.Na.H/c1-18-4-6-19(7-5-18)23-16-28(17-25-23)24(29)26(2)20-12-14-27(15-13-20)21-8-10-22(30-3)11-9-21;1-16(14(15)18)11-7-9-17(10-8-11)12-3-5-13(19-2)6-4-12;1-8-2-4-9(5-3-8)10-6-11-7-12-10;;/h4-11,16-17,20H,12-15H2,1-3H3;3-6,11H,7-10H2,1-2H3;2-7H,1H3,(H,11,12);;/q;;;+1;-1. The fourth-order valence-electron chi connectivity index (χ4n) is 7.54. The predicted molar refractivity (Wildman–Crippen MR) is 246 cm³/mol. The number of carbonyl (C=O) groups is 2. The third-order valence-corrected chi connectivity index (χ3v) is 11.8. The summed E-state index contributed by atoms with van der Waals surface area (Å²) >= 11 is 5.51. The van der Waals surface area contributed by atoms with Crippen molar-refractivity contribution in [1.29, 1.82) is 0 Å². The Kier molecular flexibility index (Phi) is 17.9. The molecule has 62 heavy (non-hydrogen) atoms. The van der Waals surface area contributed by atoms with Gasteiger partial charge in [0.2, 0.25) is 0 Å². The Morgan fingerprint density at radius 3 is 1.56 bits per heavy atom. The van der Waals surface area contributed by atoms with Crippen LogP contribution in [0.5, 0.6) is 11.5 Å². The summed E-state index contributed by atoms with van der Waals surface area (Å²) in [5.74, 6) is 1.73. The molecule has 0 saturated carbocycles. The van der Waals surface area contributed by atoms with Gasteiger partial charge in [-0.2, -0.15) is 0 Å². The molecule has 0 radical (unpaired) electrons. The van der Waals surface area contributed by atoms with Crippen LogP contribution in [-0.2, 0) is 0 Å². The molecule has 0 atom stereocenters. The van der Waals surface area contributed by atoms with Gasteiger partial charge in [-0.05, 0) is 105 Å². The minimum atomic E-state index is -0.372. The number of methoxy groups -OCH3 is 2. The fourth-order valence-corrected chi connectivity index (χ4v) is 7.68. The van der Waals surface area contributed by atoms with E-state index in [1.165, 1.54) is 28.1 Å². The van der Waals surface area contributed by atoms with Crippen molar-refractivity contribution in [2.75, 3.05) is 64.3 Å². The number of H-pyrrole nitrogens is 1. The van der Waals surface area contributed by atoms with E-state index in [2.05, 4.69) is 99.3 Å². The molecule has 2 amide bonds. The van der Waals surface area contributed by atoms with Crippen molar-refractivity contribution in [3.63, 3.8) is 0 Å². The predicted octanol–water partition coefficient (Wildman–Crippen LogP) is 6.89. The summed E-state index contributed by atoms with van der Waals surface area (Å²) in [7, 11) is 7.00. The van der Waals surface area contributed by atoms with Crippen LogP contribution >= 0.6 is 11.6 Å². The molecule has 2 saturated heterocycles. The Balaban J connectivity index is 0.000000226. The molecule has 2 aliphatic rings. The van der Waals surface area contributed by atoms with Crippen LogP contribution in [-0.4, -0.2) is 107 Å². The molecule has 12 nitrogen and oxygen atoms in total. The van der Waals surface area contributed by atoms with Crippen LogP contribution in [0, 0.1) is 13.8 Å². The molecular weight excluding hydrogens is 811 g/mol. The van der Waals surface area contributed by atoms with Gasteiger partial charge in [0, 0.05) is 75.5 Å². The van der Waals surface area contributed by atoms with Crippen LogP contribution in [0.15, 0.2) is 122 Å². The van der Waals surface area contributed by atoms with Crippen LogP contribution in [0.2, 0.25) is 0 Å². The molecule has 4 heterocycles. The van der Waals surface area contributed by atoms with Crippen molar-refractivity contribution in [2.45, 2.75) is 51.6 Å². The SMILES string of the molecule is COc1ccc(N2CCC(N(C)C(=O)Cl)CC2)cc1.COc1ccc(N2CCC(N(C)C(=O)n3cnc(-c4ccc(C)cc4)c3)CC2)cc1.Cc1ccc(-c2cnc[nH]2)cc1.[H-].[Na+]. The number of piperidine rings is 2. The van der Waals surface area contributed by atoms with Gasteiger partial charge in [-0.25, -0.2) is 14.8 Å². The smallest absolute Gasteiger partial charge is 1.00 e. The summed E-state index contributed by atoms with van der Waals surface area (Å²) in [5, 5.41) is -0.372. The second kappa shape index (κ2) is 23.3. The second-order valence-electron chi connectivity index (χ2n) is 15.5. The van der Waals surface area contributed by atoms with Gasteiger partial charge < -0.3 is 35.5 Å². The van der Waals surface area contributed by atoms with E-state index in [-0.39, 0.29) is 54.5 Å². The fraction of sp³-hybridized carbons (Fsp3) is 0.333. The largest absolute Gasteiger partial charge is 1.00 e. The van der Waals surface area contributed by atoms with Gasteiger partial charge in [-0.3, -0.25) is 9.36 Å². The summed E-state index contributed by atoms with van der Waals surface area (Å²) in [4.78, 5) is 43.7. The number of ether oxygens (including phenoxy) is 2. The number of carbonyl (C=O) groups excluding carboxylic acids is 2. The number of benzene rings is 4. The Hall–Kier alpha value is -5.27. The molecule has 0 bridgehead atoms. The number of hydrogen-bond acceptors (Lipinski definition) is 8. The molecule has 322 valence electrons. The number of anilines is 2. The Bertz CT molecular complexity index is 2260. The van der Waals surface area contributed by atoms with Gasteiger partial charge in [0.25, 0.3) is 0 Å². The Labute approximate surface area is 394 Å². The van der Waals surface area contributed by atoms with Crippen molar-refractivity contribution in [3.8, 4) is 34.0 Å². The number of hydrogen-bond donors (Lipinski definition) is 1. The molecule has 6 aromatic rings. The molecule has 4 aromatic carbocycles. The van der Waals surface area contributed by atoms with Crippen LogP contribution in [0.25, 0.3) is 22.5 Å². The molecule has 8 rings (SSSR count). The summed E-state index contributed by atoms with van der Waals surface area (Å²) in [6.07, 6.45) is 10.7. The number of amides is 2. The molecule has 14 heteroatoms. The minimum Gasteiger partial charge on any atom is -1.00 e. The van der Waals surface area contributed by atoms with Crippen molar-refractivity contribution in [2.24, 2.45) is 0 Å². The number of nitrogens with one attached hydrogen (secondary N) is 1. The van der Waals surface area contributed by atoms with Gasteiger partial charge in [0.1, 0.15) is 17.8 Å². The molecule has 0 spiro atoms. The minimum absolute atomic E-state index is 0. The average molecular weight is 869 g/mol. The van der Waals surface area contributed by atoms with E-state index in [1.807, 2.05) is 60.7 Å². The van der Waals surface area contributed by atoms with Gasteiger partial charge in [-0.1, -0.05) is 59.7 Å². The summed E-state index contributed by atoms with van der Waals surface area (Å²) in [5.41, 5.74) is 8.94. The first-order valence-electron chi connectivity index (χ1n) is 20.7. The van der Waals surface area contributed by atoms with E-state index in [0.717, 1.165) is 80.3 Å². The molecule has 1 N–H and O–H groups in total. The molecular formula is C48H58ClN8NaO4. The van der Waals surface area contributed by atoms with Crippen LogP contribution < -0.4 is 48.8 Å². The zero-order chi connectivity index (χ0) is 43.3. The van der Waals surface area contributed by atoms with Gasteiger partial charge in [0.05, 0.1) is 38.1 Å². The van der Waals surface area contributed by atoms with Gasteiger partial charge in [0.15, 0.2) is 0 Å². The van der Waals surface area contributed by atoms with Crippen molar-refractivity contribution in [1.82, 2.24) is 29.3 Å². The van der Waals surface area contributed by atoms with E-state index in [4.69, 9.17) is 21.1 Å². The zero-order valence-electron chi connectivity index (χ0n) is 38.0. The number of nitrogens with zero attached hydrogens (tertiary/aromatic N) is 7. The number of halogens is 1. The zero-order valence-corrected chi connectivity index (χ0v) is 39.8. The van der Waals surface area contributed by atoms with Crippen LogP contribution in [0.1, 0.15) is 38.2 Å². The van der Waals surface area contributed by atoms with Crippen molar-refractivity contribution < 1.29 is 50.0 Å². The Morgan fingerprint density at radius 2 is 1.15 bits per heavy atom. The first kappa shape index (κ1) is 47.8. The summed E-state index contributed by atoms with van der Waals surface area (Å²) < 4.78 is 12.0. The van der Waals surface area contributed by atoms with Gasteiger partial charge in [-0.15, -0.1) is 0 Å². The average Bonchev–Trinajstić information content (AvgIpc) is 4.04. The van der Waals surface area contributed by atoms with E-state index < -0.39 is 0 Å². The first-order chi connectivity index (χ1) is 29.5. The quantitative estimate of drug-likeness (QED) is 0.100. The maximum absolute atomic E-state index is 13.0. The number of imidazole rings is 2. The third-order valence-electron chi connectivity index (χ3n) is 11.5. The van der Waals surface area contributed by atoms with E-state index in [1.54, 1.807) is 43.4 Å². The molecule has 2 fully saturated rings. The number of rotatable bonds is 8. The number of aromatic amines is 1. The van der Waals surface area contributed by atoms with E-state index in [9.17, 15) is 9.59 Å². The monoisotopic (exact) mass is 868 g/mol. The molecule has 2 aromatic heterocycles. The normalized spacial score (nSPS) is 14.0. The molecule has 0 unspecified atom stereocenters. The number of aryl methyl sites for hydroxylation is 2. The summed E-state index contributed by atoms with van der Waals surface area (Å²) in [6, 6.07) is 33.2. The maximum Gasteiger partial charge on any atom is 1.00 e. The molecule has 0 aliphatic carbocycles. The molecule has 2 aliphatic heterocycles. The van der Waals surface area contributed by atoms with Gasteiger partial charge >= 0.3 is 41.0 Å². The van der Waals surface area contributed by atoms with E-state index >= 15 is 0 Å². The maximum atomic E-state index is 13.0. The topological polar surface area (TPSA) is 112 Å². The number of aromatic nitrogens is 4. The van der Waals surface area contributed by atoms with Crippen molar-refractivity contribution >= 4 is 34.4 Å². The van der Waals surface area contributed by atoms with Crippen LogP contribution in [0.4, 0.5) is 21.0 Å².